The first-order chi connectivity index (χ1) is 12.5. The Kier molecular flexibility index (Phi) is 7.82. The summed E-state index contributed by atoms with van der Waals surface area (Å²) >= 11 is 0. The quantitative estimate of drug-likeness (QED) is 0.428. The zero-order valence-corrected chi connectivity index (χ0v) is 18.9. The van der Waals surface area contributed by atoms with Gasteiger partial charge in [0.25, 0.3) is 0 Å². The molecule has 10 heteroatoms. The van der Waals surface area contributed by atoms with Gasteiger partial charge in [0.05, 0.1) is 10.5 Å². The molecule has 1 rings (SSSR count). The Balaban J connectivity index is 2.91. The van der Waals surface area contributed by atoms with E-state index in [2.05, 4.69) is 9.44 Å². The SMILES string of the molecule is CC(C)S(=O)(=O)NCC(C)(O)c1ccc(C(C)(O)CNS(=O)(=O)C(C)C)cc1. The van der Waals surface area contributed by atoms with Gasteiger partial charge in [0.2, 0.25) is 20.0 Å². The van der Waals surface area contributed by atoms with Crippen molar-refractivity contribution in [3.8, 4) is 0 Å². The lowest BCUT2D eigenvalue weighted by Crippen LogP contribution is -2.42. The average molecular weight is 437 g/mol. The van der Waals surface area contributed by atoms with E-state index >= 15 is 0 Å². The predicted molar refractivity (Wildman–Crippen MR) is 110 cm³/mol. The van der Waals surface area contributed by atoms with Gasteiger partial charge in [0.15, 0.2) is 0 Å². The predicted octanol–water partition coefficient (Wildman–Crippen LogP) is 0.757. The van der Waals surface area contributed by atoms with Gasteiger partial charge in [0, 0.05) is 13.1 Å². The van der Waals surface area contributed by atoms with Gasteiger partial charge in [-0.05, 0) is 52.7 Å². The molecule has 0 radical (unpaired) electrons. The molecule has 1 aromatic carbocycles. The highest BCUT2D eigenvalue weighted by atomic mass is 32.2. The second-order valence-electron chi connectivity index (χ2n) is 7.95. The van der Waals surface area contributed by atoms with Crippen molar-refractivity contribution in [2.75, 3.05) is 13.1 Å². The second-order valence-corrected chi connectivity index (χ2v) is 12.6. The number of rotatable bonds is 10. The largest absolute Gasteiger partial charge is 0.384 e. The van der Waals surface area contributed by atoms with E-state index in [9.17, 15) is 27.0 Å². The van der Waals surface area contributed by atoms with Crippen LogP contribution in [-0.4, -0.2) is 50.6 Å². The molecular weight excluding hydrogens is 404 g/mol. The van der Waals surface area contributed by atoms with E-state index in [-0.39, 0.29) is 13.1 Å². The Hall–Kier alpha value is -1.04. The molecule has 8 nitrogen and oxygen atoms in total. The topological polar surface area (TPSA) is 133 Å². The van der Waals surface area contributed by atoms with Crippen LogP contribution >= 0.6 is 0 Å². The highest BCUT2D eigenvalue weighted by Gasteiger charge is 2.29. The van der Waals surface area contributed by atoms with Crippen LogP contribution in [0, 0.1) is 0 Å². The van der Waals surface area contributed by atoms with E-state index in [4.69, 9.17) is 0 Å². The lowest BCUT2D eigenvalue weighted by molar-refractivity contribution is 0.0588. The van der Waals surface area contributed by atoms with Crippen LogP contribution in [0.15, 0.2) is 24.3 Å². The zero-order chi connectivity index (χ0) is 22.0. The molecule has 0 aliphatic rings. The van der Waals surface area contributed by atoms with Gasteiger partial charge in [0.1, 0.15) is 11.2 Å². The van der Waals surface area contributed by atoms with Crippen molar-refractivity contribution in [1.82, 2.24) is 9.44 Å². The first kappa shape index (κ1) is 25.0. The molecule has 28 heavy (non-hydrogen) atoms. The van der Waals surface area contributed by atoms with E-state index in [0.29, 0.717) is 11.1 Å². The van der Waals surface area contributed by atoms with Crippen molar-refractivity contribution < 1.29 is 27.0 Å². The van der Waals surface area contributed by atoms with Gasteiger partial charge in [-0.15, -0.1) is 0 Å². The standard InChI is InChI=1S/C18H32N2O6S2/c1-13(2)27(23,24)19-11-17(5,21)15-7-9-16(10-8-15)18(6,22)12-20-28(25,26)14(3)4/h7-10,13-14,19-22H,11-12H2,1-6H3. The normalized spacial score (nSPS) is 17.5. The number of benzene rings is 1. The maximum Gasteiger partial charge on any atom is 0.214 e. The first-order valence-corrected chi connectivity index (χ1v) is 12.1. The summed E-state index contributed by atoms with van der Waals surface area (Å²) < 4.78 is 52.3. The van der Waals surface area contributed by atoms with Crippen LogP contribution in [-0.2, 0) is 31.2 Å². The average Bonchev–Trinajstić information content (AvgIpc) is 2.58. The summed E-state index contributed by atoms with van der Waals surface area (Å²) in [5.74, 6) is 0. The fourth-order valence-electron chi connectivity index (χ4n) is 2.21. The second kappa shape index (κ2) is 8.76. The highest BCUT2D eigenvalue weighted by Crippen LogP contribution is 2.25. The molecule has 0 heterocycles. The molecule has 0 spiro atoms. The molecule has 0 aromatic heterocycles. The molecule has 0 bridgehead atoms. The molecule has 4 N–H and O–H groups in total. The molecule has 2 atom stereocenters. The van der Waals surface area contributed by atoms with Crippen LogP contribution in [0.4, 0.5) is 0 Å². The third-order valence-corrected chi connectivity index (χ3v) is 8.18. The van der Waals surface area contributed by atoms with Crippen molar-refractivity contribution >= 4 is 20.0 Å². The molecule has 0 amide bonds. The van der Waals surface area contributed by atoms with Gasteiger partial charge >= 0.3 is 0 Å². The van der Waals surface area contributed by atoms with E-state index < -0.39 is 41.7 Å². The molecule has 0 saturated carbocycles. The summed E-state index contributed by atoms with van der Waals surface area (Å²) in [7, 11) is -7.03. The number of hydrogen-bond donors (Lipinski definition) is 4. The lowest BCUT2D eigenvalue weighted by atomic mass is 9.91. The van der Waals surface area contributed by atoms with E-state index in [1.165, 1.54) is 13.8 Å². The molecule has 162 valence electrons. The van der Waals surface area contributed by atoms with Gasteiger partial charge in [-0.25, -0.2) is 26.3 Å². The van der Waals surface area contributed by atoms with Crippen LogP contribution in [0.3, 0.4) is 0 Å². The Morgan fingerprint density at radius 3 is 1.21 bits per heavy atom. The molecular formula is C18H32N2O6S2. The minimum atomic E-state index is -3.51. The van der Waals surface area contributed by atoms with Gasteiger partial charge in [-0.1, -0.05) is 24.3 Å². The molecule has 2 unspecified atom stereocenters. The summed E-state index contributed by atoms with van der Waals surface area (Å²) in [4.78, 5) is 0. The number of nitrogens with one attached hydrogen (secondary N) is 2. The molecule has 0 aliphatic heterocycles. The Bertz CT molecular complexity index is 785. The third kappa shape index (κ3) is 6.50. The van der Waals surface area contributed by atoms with Gasteiger partial charge < -0.3 is 10.2 Å². The molecule has 1 aromatic rings. The van der Waals surface area contributed by atoms with Crippen molar-refractivity contribution in [3.05, 3.63) is 35.4 Å². The Morgan fingerprint density at radius 2 is 1.00 bits per heavy atom. The molecule has 0 saturated heterocycles. The van der Waals surface area contributed by atoms with Crippen molar-refractivity contribution in [2.45, 2.75) is 63.2 Å². The summed E-state index contributed by atoms with van der Waals surface area (Å²) in [5.41, 5.74) is -1.99. The minimum Gasteiger partial charge on any atom is -0.384 e. The van der Waals surface area contributed by atoms with Gasteiger partial charge in [-0.3, -0.25) is 0 Å². The Labute approximate surface area is 168 Å². The zero-order valence-electron chi connectivity index (χ0n) is 17.2. The van der Waals surface area contributed by atoms with Crippen LogP contribution in [0.5, 0.6) is 0 Å². The van der Waals surface area contributed by atoms with Crippen molar-refractivity contribution in [1.29, 1.82) is 0 Å². The van der Waals surface area contributed by atoms with E-state index in [1.807, 2.05) is 0 Å². The van der Waals surface area contributed by atoms with Crippen molar-refractivity contribution in [2.24, 2.45) is 0 Å². The monoisotopic (exact) mass is 436 g/mol. The van der Waals surface area contributed by atoms with Crippen molar-refractivity contribution in [3.63, 3.8) is 0 Å². The number of sulfonamides is 2. The van der Waals surface area contributed by atoms with Crippen LogP contribution in [0.25, 0.3) is 0 Å². The minimum absolute atomic E-state index is 0.197. The maximum atomic E-state index is 11.9. The lowest BCUT2D eigenvalue weighted by Gasteiger charge is -2.28. The number of aliphatic hydroxyl groups is 2. The van der Waals surface area contributed by atoms with E-state index in [0.717, 1.165) is 0 Å². The third-order valence-electron chi connectivity index (χ3n) is 4.61. The van der Waals surface area contributed by atoms with E-state index in [1.54, 1.807) is 52.0 Å². The molecule has 0 aliphatic carbocycles. The smallest absolute Gasteiger partial charge is 0.214 e. The maximum absolute atomic E-state index is 11.9. The van der Waals surface area contributed by atoms with Crippen LogP contribution in [0.1, 0.15) is 52.7 Å². The Morgan fingerprint density at radius 1 is 0.750 bits per heavy atom. The highest BCUT2D eigenvalue weighted by molar-refractivity contribution is 7.90. The summed E-state index contributed by atoms with van der Waals surface area (Å²) in [5, 5.41) is 20.0. The summed E-state index contributed by atoms with van der Waals surface area (Å²) in [6.45, 7) is 8.75. The summed E-state index contributed by atoms with van der Waals surface area (Å²) in [6.07, 6.45) is 0. The fraction of sp³-hybridized carbons (Fsp3) is 0.667. The van der Waals surface area contributed by atoms with Crippen LogP contribution < -0.4 is 9.44 Å². The number of hydrogen-bond acceptors (Lipinski definition) is 6. The molecule has 0 fully saturated rings. The van der Waals surface area contributed by atoms with Gasteiger partial charge in [-0.2, -0.15) is 0 Å². The first-order valence-electron chi connectivity index (χ1n) is 9.04. The van der Waals surface area contributed by atoms with Crippen LogP contribution in [0.2, 0.25) is 0 Å². The summed E-state index contributed by atoms with van der Waals surface area (Å²) in [6, 6.07) is 6.30. The fourth-order valence-corrected chi connectivity index (χ4v) is 3.84.